The van der Waals surface area contributed by atoms with Gasteiger partial charge < -0.3 is 10.6 Å². The Kier molecular flexibility index (Phi) is 1.88. The Hall–Kier alpha value is -1.22. The molecule has 0 aromatic heterocycles. The summed E-state index contributed by atoms with van der Waals surface area (Å²) in [7, 11) is 1.79. The van der Waals surface area contributed by atoms with E-state index in [0.717, 1.165) is 11.3 Å². The van der Waals surface area contributed by atoms with Gasteiger partial charge in [-0.05, 0) is 12.1 Å². The van der Waals surface area contributed by atoms with E-state index < -0.39 is 0 Å². The molecule has 0 bridgehead atoms. The lowest BCUT2D eigenvalue weighted by Crippen LogP contribution is -2.13. The zero-order chi connectivity index (χ0) is 9.42. The Bertz CT molecular complexity index is 376. The van der Waals surface area contributed by atoms with Crippen LogP contribution in [-0.4, -0.2) is 13.0 Å². The molecule has 0 radical (unpaired) electrons. The number of hydrogen-bond donors (Lipinski definition) is 2. The first-order chi connectivity index (χ1) is 6.24. The van der Waals surface area contributed by atoms with Crippen molar-refractivity contribution in [2.45, 2.75) is 6.54 Å². The summed E-state index contributed by atoms with van der Waals surface area (Å²) < 4.78 is 0. The highest BCUT2D eigenvalue weighted by atomic mass is 35.5. The van der Waals surface area contributed by atoms with Crippen molar-refractivity contribution in [2.24, 2.45) is 0 Å². The van der Waals surface area contributed by atoms with Crippen molar-refractivity contribution in [3.8, 4) is 0 Å². The Morgan fingerprint density at radius 2 is 2.31 bits per heavy atom. The maximum atomic E-state index is 11.4. The van der Waals surface area contributed by atoms with Crippen LogP contribution in [0.4, 0.5) is 5.69 Å². The molecule has 0 aliphatic carbocycles. The van der Waals surface area contributed by atoms with Crippen molar-refractivity contribution in [3.63, 3.8) is 0 Å². The molecule has 2 N–H and O–H groups in total. The number of rotatable bonds is 1. The van der Waals surface area contributed by atoms with Gasteiger partial charge in [-0.2, -0.15) is 0 Å². The molecule has 1 aliphatic rings. The second-order valence-corrected chi connectivity index (χ2v) is 3.29. The van der Waals surface area contributed by atoms with Crippen LogP contribution in [0.3, 0.4) is 0 Å². The van der Waals surface area contributed by atoms with E-state index >= 15 is 0 Å². The third-order valence-electron chi connectivity index (χ3n) is 2.18. The molecular weight excluding hydrogens is 188 g/mol. The Balaban J connectivity index is 2.66. The summed E-state index contributed by atoms with van der Waals surface area (Å²) in [5.74, 6) is -0.0538. The number of nitrogens with one attached hydrogen (secondary N) is 2. The summed E-state index contributed by atoms with van der Waals surface area (Å²) in [6.45, 7) is 0.530. The van der Waals surface area contributed by atoms with Gasteiger partial charge >= 0.3 is 0 Å². The summed E-state index contributed by atoms with van der Waals surface area (Å²) in [6.07, 6.45) is 0. The van der Waals surface area contributed by atoms with E-state index in [1.807, 2.05) is 6.07 Å². The first-order valence-corrected chi connectivity index (χ1v) is 4.39. The van der Waals surface area contributed by atoms with Crippen molar-refractivity contribution in [1.82, 2.24) is 5.32 Å². The quantitative estimate of drug-likeness (QED) is 0.717. The number of anilines is 1. The van der Waals surface area contributed by atoms with Crippen LogP contribution in [-0.2, 0) is 6.54 Å². The van der Waals surface area contributed by atoms with Crippen molar-refractivity contribution in [3.05, 3.63) is 28.3 Å². The third-order valence-corrected chi connectivity index (χ3v) is 2.53. The SMILES string of the molecule is CNc1ccc(Cl)c2c1C(=O)NC2. The van der Waals surface area contributed by atoms with Gasteiger partial charge in [0, 0.05) is 29.9 Å². The van der Waals surface area contributed by atoms with Crippen LogP contribution < -0.4 is 10.6 Å². The van der Waals surface area contributed by atoms with E-state index in [-0.39, 0.29) is 5.91 Å². The summed E-state index contributed by atoms with van der Waals surface area (Å²) in [4.78, 5) is 11.4. The topological polar surface area (TPSA) is 41.1 Å². The smallest absolute Gasteiger partial charge is 0.254 e. The lowest BCUT2D eigenvalue weighted by molar-refractivity contribution is 0.0966. The van der Waals surface area contributed by atoms with Crippen molar-refractivity contribution < 1.29 is 4.79 Å². The molecule has 0 saturated carbocycles. The minimum Gasteiger partial charge on any atom is -0.387 e. The predicted octanol–water partition coefficient (Wildman–Crippen LogP) is 1.63. The standard InChI is InChI=1S/C9H9ClN2O/c1-11-7-3-2-6(10)5-4-12-9(13)8(5)7/h2-3,11H,4H2,1H3,(H,12,13). The summed E-state index contributed by atoms with van der Waals surface area (Å²) in [5, 5.41) is 6.35. The van der Waals surface area contributed by atoms with E-state index in [2.05, 4.69) is 10.6 Å². The number of carbonyl (C=O) groups excluding carboxylic acids is 1. The maximum absolute atomic E-state index is 11.4. The van der Waals surface area contributed by atoms with Crippen LogP contribution in [0.1, 0.15) is 15.9 Å². The summed E-state index contributed by atoms with van der Waals surface area (Å²) in [6, 6.07) is 3.61. The molecule has 0 saturated heterocycles. The van der Waals surface area contributed by atoms with Gasteiger partial charge in [0.05, 0.1) is 5.56 Å². The molecule has 1 aromatic carbocycles. The molecule has 4 heteroatoms. The first-order valence-electron chi connectivity index (χ1n) is 4.01. The monoisotopic (exact) mass is 196 g/mol. The molecule has 68 valence electrons. The van der Waals surface area contributed by atoms with Gasteiger partial charge in [0.25, 0.3) is 5.91 Å². The summed E-state index contributed by atoms with van der Waals surface area (Å²) >= 11 is 5.94. The van der Waals surface area contributed by atoms with E-state index in [9.17, 15) is 4.79 Å². The number of benzene rings is 1. The van der Waals surface area contributed by atoms with Crippen LogP contribution in [0.2, 0.25) is 5.02 Å². The average Bonchev–Trinajstić information content (AvgIpc) is 2.51. The Labute approximate surface area is 81.1 Å². The lowest BCUT2D eigenvalue weighted by Gasteiger charge is -2.06. The zero-order valence-electron chi connectivity index (χ0n) is 7.15. The van der Waals surface area contributed by atoms with Gasteiger partial charge in [0.2, 0.25) is 0 Å². The largest absolute Gasteiger partial charge is 0.387 e. The van der Waals surface area contributed by atoms with Gasteiger partial charge in [-0.1, -0.05) is 11.6 Å². The molecule has 0 fully saturated rings. The van der Waals surface area contributed by atoms with Crippen molar-refractivity contribution >= 4 is 23.2 Å². The molecule has 0 spiro atoms. The molecule has 1 aromatic rings. The molecular formula is C9H9ClN2O. The second-order valence-electron chi connectivity index (χ2n) is 2.88. The van der Waals surface area contributed by atoms with Crippen molar-refractivity contribution in [1.29, 1.82) is 0 Å². The van der Waals surface area contributed by atoms with Gasteiger partial charge in [0.15, 0.2) is 0 Å². The third kappa shape index (κ3) is 1.16. The summed E-state index contributed by atoms with van der Waals surface area (Å²) in [5.41, 5.74) is 2.39. The maximum Gasteiger partial charge on any atom is 0.254 e. The molecule has 3 nitrogen and oxygen atoms in total. The number of halogens is 1. The molecule has 1 heterocycles. The molecule has 0 atom stereocenters. The van der Waals surface area contributed by atoms with Gasteiger partial charge in [0.1, 0.15) is 0 Å². The molecule has 2 rings (SSSR count). The van der Waals surface area contributed by atoms with Crippen LogP contribution in [0.15, 0.2) is 12.1 Å². The molecule has 0 unspecified atom stereocenters. The minimum absolute atomic E-state index is 0.0538. The molecule has 13 heavy (non-hydrogen) atoms. The van der Waals surface area contributed by atoms with Crippen molar-refractivity contribution in [2.75, 3.05) is 12.4 Å². The highest BCUT2D eigenvalue weighted by Crippen LogP contribution is 2.29. The molecule has 1 amide bonds. The molecule has 1 aliphatic heterocycles. The number of fused-ring (bicyclic) bond motifs is 1. The fourth-order valence-electron chi connectivity index (χ4n) is 1.52. The minimum atomic E-state index is -0.0538. The zero-order valence-corrected chi connectivity index (χ0v) is 7.90. The number of amides is 1. The predicted molar refractivity (Wildman–Crippen MR) is 52.2 cm³/mol. The second kappa shape index (κ2) is 2.92. The fourth-order valence-corrected chi connectivity index (χ4v) is 1.74. The highest BCUT2D eigenvalue weighted by Gasteiger charge is 2.24. The normalized spacial score (nSPS) is 13.8. The van der Waals surface area contributed by atoms with Gasteiger partial charge in [-0.15, -0.1) is 0 Å². The fraction of sp³-hybridized carbons (Fsp3) is 0.222. The Morgan fingerprint density at radius 1 is 1.54 bits per heavy atom. The van der Waals surface area contributed by atoms with Crippen LogP contribution in [0.25, 0.3) is 0 Å². The van der Waals surface area contributed by atoms with Gasteiger partial charge in [-0.25, -0.2) is 0 Å². The van der Waals surface area contributed by atoms with E-state index in [0.29, 0.717) is 17.1 Å². The van der Waals surface area contributed by atoms with Gasteiger partial charge in [-0.3, -0.25) is 4.79 Å². The van der Waals surface area contributed by atoms with Crippen LogP contribution in [0.5, 0.6) is 0 Å². The van der Waals surface area contributed by atoms with Crippen LogP contribution in [0, 0.1) is 0 Å². The van der Waals surface area contributed by atoms with E-state index in [1.165, 1.54) is 0 Å². The average molecular weight is 197 g/mol. The lowest BCUT2D eigenvalue weighted by atomic mass is 10.1. The van der Waals surface area contributed by atoms with E-state index in [1.54, 1.807) is 13.1 Å². The van der Waals surface area contributed by atoms with Crippen LogP contribution >= 0.6 is 11.6 Å². The Morgan fingerprint density at radius 3 is 3.00 bits per heavy atom. The first kappa shape index (κ1) is 8.38. The highest BCUT2D eigenvalue weighted by molar-refractivity contribution is 6.32. The number of hydrogen-bond acceptors (Lipinski definition) is 2. The number of carbonyl (C=O) groups is 1. The van der Waals surface area contributed by atoms with E-state index in [4.69, 9.17) is 11.6 Å².